The number of benzene rings is 2. The van der Waals surface area contributed by atoms with Gasteiger partial charge in [0.05, 0.1) is 5.69 Å². The summed E-state index contributed by atoms with van der Waals surface area (Å²) in [5.74, 6) is -0.471. The summed E-state index contributed by atoms with van der Waals surface area (Å²) >= 11 is 0. The first-order valence-electron chi connectivity index (χ1n) is 9.01. The summed E-state index contributed by atoms with van der Waals surface area (Å²) in [6, 6.07) is 17.2. The van der Waals surface area contributed by atoms with E-state index in [0.717, 1.165) is 22.4 Å². The maximum atomic E-state index is 13.1. The molecule has 0 aliphatic carbocycles. The third-order valence-electron chi connectivity index (χ3n) is 4.74. The molecule has 6 heteroatoms. The SMILES string of the molecule is Cc1ccc(NC(=O)c2c(C)nc3c(-c4ccccc4)c(C)[nH]n3c2=O)cc1. The van der Waals surface area contributed by atoms with Gasteiger partial charge in [0.25, 0.3) is 11.5 Å². The number of rotatable bonds is 3. The largest absolute Gasteiger partial charge is 0.322 e. The Bertz CT molecular complexity index is 1240. The van der Waals surface area contributed by atoms with Gasteiger partial charge < -0.3 is 5.32 Å². The molecular weight excluding hydrogens is 352 g/mol. The minimum Gasteiger partial charge on any atom is -0.322 e. The summed E-state index contributed by atoms with van der Waals surface area (Å²) < 4.78 is 1.34. The minimum absolute atomic E-state index is 0.0268. The van der Waals surface area contributed by atoms with Crippen LogP contribution in [0.3, 0.4) is 0 Å². The van der Waals surface area contributed by atoms with Crippen molar-refractivity contribution in [2.24, 2.45) is 0 Å². The number of fused-ring (bicyclic) bond motifs is 1. The molecule has 0 atom stereocenters. The van der Waals surface area contributed by atoms with Gasteiger partial charge in [0.2, 0.25) is 0 Å². The van der Waals surface area contributed by atoms with E-state index in [1.807, 2.05) is 56.3 Å². The number of nitrogens with zero attached hydrogens (tertiary/aromatic N) is 2. The van der Waals surface area contributed by atoms with E-state index in [1.165, 1.54) is 4.52 Å². The number of hydrogen-bond donors (Lipinski definition) is 2. The maximum Gasteiger partial charge on any atom is 0.285 e. The highest BCUT2D eigenvalue weighted by molar-refractivity contribution is 6.05. The Morgan fingerprint density at radius 1 is 1.00 bits per heavy atom. The third kappa shape index (κ3) is 2.99. The molecule has 2 aromatic heterocycles. The monoisotopic (exact) mass is 372 g/mol. The van der Waals surface area contributed by atoms with Crippen molar-refractivity contribution in [1.29, 1.82) is 0 Å². The molecule has 4 rings (SSSR count). The Labute approximate surface area is 161 Å². The Morgan fingerprint density at radius 2 is 1.68 bits per heavy atom. The normalized spacial score (nSPS) is 11.0. The van der Waals surface area contributed by atoms with Crippen molar-refractivity contribution in [3.8, 4) is 11.1 Å². The topological polar surface area (TPSA) is 79.3 Å². The van der Waals surface area contributed by atoms with Gasteiger partial charge in [0.15, 0.2) is 5.65 Å². The van der Waals surface area contributed by atoms with Crippen molar-refractivity contribution in [1.82, 2.24) is 14.6 Å². The fraction of sp³-hybridized carbons (Fsp3) is 0.136. The second kappa shape index (κ2) is 6.81. The molecule has 0 bridgehead atoms. The van der Waals surface area contributed by atoms with Gasteiger partial charge in [-0.15, -0.1) is 0 Å². The Balaban J connectivity index is 1.82. The van der Waals surface area contributed by atoms with Crippen LogP contribution < -0.4 is 10.9 Å². The van der Waals surface area contributed by atoms with Gasteiger partial charge in [-0.05, 0) is 38.5 Å². The summed E-state index contributed by atoms with van der Waals surface area (Å²) in [7, 11) is 0. The molecule has 0 saturated heterocycles. The lowest BCUT2D eigenvalue weighted by atomic mass is 10.1. The molecule has 0 fully saturated rings. The highest BCUT2D eigenvalue weighted by Crippen LogP contribution is 2.26. The number of nitrogens with one attached hydrogen (secondary N) is 2. The molecule has 140 valence electrons. The van der Waals surface area contributed by atoms with Crippen LogP contribution in [0.2, 0.25) is 0 Å². The van der Waals surface area contributed by atoms with Crippen LogP contribution in [0.15, 0.2) is 59.4 Å². The molecule has 28 heavy (non-hydrogen) atoms. The quantitative estimate of drug-likeness (QED) is 0.573. The summed E-state index contributed by atoms with van der Waals surface area (Å²) in [5.41, 5.74) is 4.86. The van der Waals surface area contributed by atoms with E-state index in [4.69, 9.17) is 0 Å². The number of aromatic nitrogens is 3. The summed E-state index contributed by atoms with van der Waals surface area (Å²) in [6.45, 7) is 5.54. The van der Waals surface area contributed by atoms with Crippen molar-refractivity contribution in [3.05, 3.63) is 87.5 Å². The van der Waals surface area contributed by atoms with Crippen LogP contribution in [0.5, 0.6) is 0 Å². The second-order valence-corrected chi connectivity index (χ2v) is 6.83. The fourth-order valence-corrected chi connectivity index (χ4v) is 3.33. The van der Waals surface area contributed by atoms with Gasteiger partial charge in [-0.25, -0.2) is 9.50 Å². The molecule has 0 saturated carbocycles. The minimum atomic E-state index is -0.471. The van der Waals surface area contributed by atoms with Crippen molar-refractivity contribution in [2.75, 3.05) is 5.32 Å². The van der Waals surface area contributed by atoms with Gasteiger partial charge in [-0.3, -0.25) is 14.7 Å². The van der Waals surface area contributed by atoms with Crippen LogP contribution in [0.1, 0.15) is 27.3 Å². The first kappa shape index (κ1) is 17.7. The van der Waals surface area contributed by atoms with Gasteiger partial charge >= 0.3 is 0 Å². The highest BCUT2D eigenvalue weighted by atomic mass is 16.2. The van der Waals surface area contributed by atoms with Crippen LogP contribution in [0, 0.1) is 20.8 Å². The van der Waals surface area contributed by atoms with Gasteiger partial charge in [-0.2, -0.15) is 0 Å². The Kier molecular flexibility index (Phi) is 4.31. The average molecular weight is 372 g/mol. The van der Waals surface area contributed by atoms with Crippen molar-refractivity contribution < 1.29 is 4.79 Å². The van der Waals surface area contributed by atoms with Crippen molar-refractivity contribution in [3.63, 3.8) is 0 Å². The van der Waals surface area contributed by atoms with Crippen molar-refractivity contribution >= 4 is 17.2 Å². The molecule has 0 aliphatic rings. The van der Waals surface area contributed by atoms with E-state index in [1.54, 1.807) is 19.1 Å². The van der Waals surface area contributed by atoms with Crippen LogP contribution in [-0.4, -0.2) is 20.5 Å². The standard InChI is InChI=1S/C22H20N4O2/c1-13-9-11-17(12-10-13)24-21(27)19-14(2)23-20-18(16-7-5-4-6-8-16)15(3)25-26(20)22(19)28/h4-12,25H,1-3H3,(H,24,27). The molecule has 0 radical (unpaired) electrons. The van der Waals surface area contributed by atoms with Gasteiger partial charge in [-0.1, -0.05) is 48.0 Å². The van der Waals surface area contributed by atoms with Crippen LogP contribution in [-0.2, 0) is 0 Å². The molecule has 6 nitrogen and oxygen atoms in total. The third-order valence-corrected chi connectivity index (χ3v) is 4.74. The number of carbonyl (C=O) groups excluding carboxylic acids is 1. The highest BCUT2D eigenvalue weighted by Gasteiger charge is 2.21. The van der Waals surface area contributed by atoms with E-state index in [0.29, 0.717) is 17.0 Å². The summed E-state index contributed by atoms with van der Waals surface area (Å²) in [4.78, 5) is 30.4. The predicted octanol–water partition coefficient (Wildman–Crippen LogP) is 3.87. The Hall–Kier alpha value is -3.67. The number of anilines is 1. The molecule has 0 spiro atoms. The molecule has 0 unspecified atom stereocenters. The van der Waals surface area contributed by atoms with E-state index in [-0.39, 0.29) is 5.56 Å². The lowest BCUT2D eigenvalue weighted by Crippen LogP contribution is -2.29. The number of aryl methyl sites for hydroxylation is 3. The smallest absolute Gasteiger partial charge is 0.285 e. The Morgan fingerprint density at radius 3 is 2.36 bits per heavy atom. The predicted molar refractivity (Wildman–Crippen MR) is 110 cm³/mol. The maximum absolute atomic E-state index is 13.1. The number of amides is 1. The second-order valence-electron chi connectivity index (χ2n) is 6.83. The molecule has 0 aliphatic heterocycles. The van der Waals surface area contributed by atoms with Crippen LogP contribution in [0.25, 0.3) is 16.8 Å². The first-order chi connectivity index (χ1) is 13.5. The van der Waals surface area contributed by atoms with E-state index < -0.39 is 11.5 Å². The zero-order chi connectivity index (χ0) is 19.8. The van der Waals surface area contributed by atoms with E-state index in [2.05, 4.69) is 15.4 Å². The molecule has 2 N–H and O–H groups in total. The number of carbonyl (C=O) groups is 1. The molecule has 2 heterocycles. The van der Waals surface area contributed by atoms with Gasteiger partial charge in [0.1, 0.15) is 5.56 Å². The van der Waals surface area contributed by atoms with Crippen molar-refractivity contribution in [2.45, 2.75) is 20.8 Å². The number of hydrogen-bond acceptors (Lipinski definition) is 3. The van der Waals surface area contributed by atoms with E-state index in [9.17, 15) is 9.59 Å². The number of aromatic amines is 1. The summed E-state index contributed by atoms with van der Waals surface area (Å²) in [5, 5.41) is 5.83. The molecular formula is C22H20N4O2. The first-order valence-corrected chi connectivity index (χ1v) is 9.01. The lowest BCUT2D eigenvalue weighted by molar-refractivity contribution is 0.102. The molecule has 1 amide bonds. The van der Waals surface area contributed by atoms with Gasteiger partial charge in [0, 0.05) is 16.9 Å². The average Bonchev–Trinajstić information content (AvgIpc) is 3.00. The molecule has 2 aromatic carbocycles. The number of H-pyrrole nitrogens is 1. The molecule has 4 aromatic rings. The zero-order valence-electron chi connectivity index (χ0n) is 15.9. The zero-order valence-corrected chi connectivity index (χ0v) is 15.9. The van der Waals surface area contributed by atoms with E-state index >= 15 is 0 Å². The fourth-order valence-electron chi connectivity index (χ4n) is 3.33. The summed E-state index contributed by atoms with van der Waals surface area (Å²) in [6.07, 6.45) is 0. The van der Waals surface area contributed by atoms with Crippen LogP contribution >= 0.6 is 0 Å². The van der Waals surface area contributed by atoms with Crippen LogP contribution in [0.4, 0.5) is 5.69 Å². The lowest BCUT2D eigenvalue weighted by Gasteiger charge is -2.08.